The van der Waals surface area contributed by atoms with Gasteiger partial charge in [-0.15, -0.1) is 0 Å². The number of allylic oxidation sites excluding steroid dienone is 4. The molecule has 0 fully saturated rings. The highest BCUT2D eigenvalue weighted by atomic mass is 16.1. The van der Waals surface area contributed by atoms with Crippen LogP contribution in [0.25, 0.3) is 11.2 Å². The molecule has 0 saturated carbocycles. The molecule has 0 atom stereocenters. The van der Waals surface area contributed by atoms with Gasteiger partial charge in [-0.05, 0) is 12.2 Å². The van der Waals surface area contributed by atoms with Crippen LogP contribution in [0.15, 0.2) is 53.9 Å². The van der Waals surface area contributed by atoms with Gasteiger partial charge in [-0.25, -0.2) is 15.8 Å². The van der Waals surface area contributed by atoms with Crippen LogP contribution in [0.4, 0.5) is 5.95 Å². The number of nitrogens with zero attached hydrogens (tertiary/aromatic N) is 3. The largest absolute Gasteiger partial charge is 0.368 e. The normalized spacial score (nSPS) is 12.2. The smallest absolute Gasteiger partial charge is 0.280 e. The Hall–Kier alpha value is -3.00. The van der Waals surface area contributed by atoms with Gasteiger partial charge in [0.15, 0.2) is 11.2 Å². The Balaban J connectivity index is 0.000000178. The second-order valence-electron chi connectivity index (χ2n) is 3.56. The summed E-state index contributed by atoms with van der Waals surface area (Å²) in [4.78, 5) is 25.2. The van der Waals surface area contributed by atoms with Gasteiger partial charge in [-0.1, -0.05) is 12.2 Å². The topological polar surface area (TPSA) is 122 Å². The Morgan fingerprint density at radius 1 is 1.05 bits per heavy atom. The number of anilines is 1. The van der Waals surface area contributed by atoms with Crippen LogP contribution in [0.5, 0.6) is 0 Å². The third-order valence-electron chi connectivity index (χ3n) is 2.20. The summed E-state index contributed by atoms with van der Waals surface area (Å²) in [5.41, 5.74) is 2.32. The first-order valence-electron chi connectivity index (χ1n) is 5.73. The van der Waals surface area contributed by atoms with Crippen molar-refractivity contribution in [2.45, 2.75) is 0 Å². The van der Waals surface area contributed by atoms with E-state index in [0.29, 0.717) is 0 Å². The van der Waals surface area contributed by atoms with E-state index in [1.807, 2.05) is 36.7 Å². The van der Waals surface area contributed by atoms with Crippen LogP contribution in [0.3, 0.4) is 0 Å². The molecule has 3 rings (SSSR count). The number of hydrazine groups is 1. The SMILES string of the molecule is C1=CC=CNC=C1.NNc1nc2nccnc2c(=O)[nH]1. The number of fused-ring (bicyclic) bond motifs is 1. The third kappa shape index (κ3) is 3.50. The van der Waals surface area contributed by atoms with E-state index in [0.717, 1.165) is 0 Å². The van der Waals surface area contributed by atoms with Gasteiger partial charge < -0.3 is 5.32 Å². The minimum atomic E-state index is -0.369. The van der Waals surface area contributed by atoms with Gasteiger partial charge in [0.1, 0.15) is 0 Å². The van der Waals surface area contributed by atoms with Gasteiger partial charge in [-0.2, -0.15) is 4.98 Å². The van der Waals surface area contributed by atoms with Crippen LogP contribution in [0.2, 0.25) is 0 Å². The van der Waals surface area contributed by atoms with Crippen molar-refractivity contribution in [1.29, 1.82) is 0 Å². The van der Waals surface area contributed by atoms with Gasteiger partial charge in [-0.3, -0.25) is 15.2 Å². The molecule has 0 spiro atoms. The Morgan fingerprint density at radius 3 is 2.45 bits per heavy atom. The Bertz CT molecular complexity index is 703. The van der Waals surface area contributed by atoms with Crippen molar-refractivity contribution in [3.63, 3.8) is 0 Å². The van der Waals surface area contributed by atoms with Crippen molar-refractivity contribution >= 4 is 17.1 Å². The number of rotatable bonds is 1. The molecule has 0 aromatic carbocycles. The number of nitrogen functional groups attached to an aromatic ring is 1. The molecular formula is C12H13N7O. The van der Waals surface area contributed by atoms with Crippen LogP contribution in [-0.4, -0.2) is 19.9 Å². The average molecular weight is 271 g/mol. The van der Waals surface area contributed by atoms with Crippen molar-refractivity contribution in [1.82, 2.24) is 25.3 Å². The lowest BCUT2D eigenvalue weighted by Gasteiger charge is -1.98. The van der Waals surface area contributed by atoms with Crippen LogP contribution in [0.1, 0.15) is 0 Å². The van der Waals surface area contributed by atoms with Gasteiger partial charge in [0.2, 0.25) is 5.95 Å². The van der Waals surface area contributed by atoms with E-state index in [1.165, 1.54) is 12.4 Å². The van der Waals surface area contributed by atoms with E-state index >= 15 is 0 Å². The van der Waals surface area contributed by atoms with E-state index in [9.17, 15) is 4.79 Å². The molecule has 0 unspecified atom stereocenters. The highest BCUT2D eigenvalue weighted by Gasteiger charge is 2.03. The van der Waals surface area contributed by atoms with E-state index in [-0.39, 0.29) is 22.7 Å². The first-order chi connectivity index (χ1) is 9.81. The lowest BCUT2D eigenvalue weighted by molar-refractivity contribution is 1.08. The van der Waals surface area contributed by atoms with Gasteiger partial charge in [0.05, 0.1) is 0 Å². The molecule has 0 saturated heterocycles. The molecule has 2 aromatic heterocycles. The summed E-state index contributed by atoms with van der Waals surface area (Å²) >= 11 is 0. The minimum absolute atomic E-state index is 0.165. The van der Waals surface area contributed by atoms with Gasteiger partial charge in [0.25, 0.3) is 5.56 Å². The number of nitrogens with one attached hydrogen (secondary N) is 3. The van der Waals surface area contributed by atoms with E-state index in [2.05, 4.69) is 30.7 Å². The molecule has 2 aromatic rings. The van der Waals surface area contributed by atoms with Crippen molar-refractivity contribution in [3.05, 3.63) is 59.5 Å². The maximum atomic E-state index is 11.3. The number of H-pyrrole nitrogens is 1. The number of aromatic amines is 1. The number of hydrogen-bond acceptors (Lipinski definition) is 7. The molecule has 102 valence electrons. The molecule has 5 N–H and O–H groups in total. The maximum absolute atomic E-state index is 11.3. The predicted octanol–water partition coefficient (Wildman–Crippen LogP) is 0.172. The second-order valence-corrected chi connectivity index (χ2v) is 3.56. The first kappa shape index (κ1) is 13.4. The second kappa shape index (κ2) is 6.81. The van der Waals surface area contributed by atoms with Crippen molar-refractivity contribution in [3.8, 4) is 0 Å². The summed E-state index contributed by atoms with van der Waals surface area (Å²) in [5.74, 6) is 5.24. The van der Waals surface area contributed by atoms with Crippen LogP contribution in [0, 0.1) is 0 Å². The minimum Gasteiger partial charge on any atom is -0.368 e. The lowest BCUT2D eigenvalue weighted by Crippen LogP contribution is -2.17. The molecule has 3 heterocycles. The van der Waals surface area contributed by atoms with Gasteiger partial charge >= 0.3 is 0 Å². The number of hydrogen-bond donors (Lipinski definition) is 4. The van der Waals surface area contributed by atoms with Gasteiger partial charge in [0, 0.05) is 24.8 Å². The zero-order valence-corrected chi connectivity index (χ0v) is 10.4. The van der Waals surface area contributed by atoms with Crippen molar-refractivity contribution < 1.29 is 0 Å². The summed E-state index contributed by atoms with van der Waals surface area (Å²) < 4.78 is 0. The standard InChI is InChI=1S/C6H6N6O.C6H7N/c7-12-6-10-4-3(5(13)11-6)8-1-2-9-4;1-2-4-6-7-5-3-1/h1-2H,7H2,(H2,9,10,11,12,13);1-7H. The average Bonchev–Trinajstić information content (AvgIpc) is 2.80. The van der Waals surface area contributed by atoms with E-state index in [4.69, 9.17) is 5.84 Å². The van der Waals surface area contributed by atoms with E-state index < -0.39 is 0 Å². The van der Waals surface area contributed by atoms with Crippen LogP contribution in [-0.2, 0) is 0 Å². The van der Waals surface area contributed by atoms with Crippen LogP contribution < -0.4 is 22.1 Å². The Morgan fingerprint density at radius 2 is 1.75 bits per heavy atom. The molecule has 20 heavy (non-hydrogen) atoms. The summed E-state index contributed by atoms with van der Waals surface area (Å²) in [5, 5.41) is 2.92. The lowest BCUT2D eigenvalue weighted by atomic mass is 10.5. The summed E-state index contributed by atoms with van der Waals surface area (Å²) in [7, 11) is 0. The molecule has 1 aliphatic heterocycles. The highest BCUT2D eigenvalue weighted by molar-refractivity contribution is 5.68. The fraction of sp³-hybridized carbons (Fsp3) is 0. The number of aromatic nitrogens is 4. The first-order valence-corrected chi connectivity index (χ1v) is 5.73. The maximum Gasteiger partial charge on any atom is 0.280 e. The molecular weight excluding hydrogens is 258 g/mol. The number of nitrogens with two attached hydrogens (primary N) is 1. The molecule has 0 radical (unpaired) electrons. The zero-order valence-electron chi connectivity index (χ0n) is 10.4. The zero-order chi connectivity index (χ0) is 14.2. The van der Waals surface area contributed by atoms with Crippen molar-refractivity contribution in [2.75, 3.05) is 5.43 Å². The highest BCUT2D eigenvalue weighted by Crippen LogP contribution is 1.99. The predicted molar refractivity (Wildman–Crippen MR) is 76.3 cm³/mol. The Kier molecular flexibility index (Phi) is 4.57. The molecule has 0 aliphatic carbocycles. The fourth-order valence-electron chi connectivity index (χ4n) is 1.35. The van der Waals surface area contributed by atoms with Crippen molar-refractivity contribution in [2.24, 2.45) is 5.84 Å². The van der Waals surface area contributed by atoms with Crippen LogP contribution >= 0.6 is 0 Å². The molecule has 8 heteroatoms. The molecule has 0 bridgehead atoms. The third-order valence-corrected chi connectivity index (χ3v) is 2.20. The molecule has 1 aliphatic rings. The molecule has 0 amide bonds. The summed E-state index contributed by atoms with van der Waals surface area (Å²) in [6.07, 6.45) is 14.5. The molecule has 8 nitrogen and oxygen atoms in total. The summed E-state index contributed by atoms with van der Waals surface area (Å²) in [6, 6.07) is 0. The van der Waals surface area contributed by atoms with E-state index in [1.54, 1.807) is 0 Å². The quantitative estimate of drug-likeness (QED) is 0.431. The monoisotopic (exact) mass is 271 g/mol. The summed E-state index contributed by atoms with van der Waals surface area (Å²) in [6.45, 7) is 0. The Labute approximate surface area is 114 Å². The fourth-order valence-corrected chi connectivity index (χ4v) is 1.35.